The van der Waals surface area contributed by atoms with Crippen LogP contribution in [0.1, 0.15) is 18.4 Å². The average Bonchev–Trinajstić information content (AvgIpc) is 2.32. The van der Waals surface area contributed by atoms with Crippen LogP contribution < -0.4 is 5.32 Å². The first kappa shape index (κ1) is 12.2. The molecule has 1 fully saturated rings. The number of benzene rings is 1. The van der Waals surface area contributed by atoms with Crippen LogP contribution in [0.4, 0.5) is 4.39 Å². The summed E-state index contributed by atoms with van der Waals surface area (Å²) in [6.45, 7) is 0.567. The maximum atomic E-state index is 13.4. The Morgan fingerprint density at radius 3 is 3.12 bits per heavy atom. The lowest BCUT2D eigenvalue weighted by Crippen LogP contribution is -2.33. The molecular formula is C12H15ClFNS. The molecule has 1 nitrogen and oxygen atoms in total. The number of nitrogens with one attached hydrogen (secondary N) is 1. The van der Waals surface area contributed by atoms with Gasteiger partial charge < -0.3 is 5.32 Å². The number of rotatable bonds is 3. The number of halogens is 2. The molecule has 16 heavy (non-hydrogen) atoms. The molecule has 1 aliphatic heterocycles. The molecule has 1 aromatic rings. The van der Waals surface area contributed by atoms with Crippen LogP contribution in [0.15, 0.2) is 18.2 Å². The lowest BCUT2D eigenvalue weighted by atomic mass is 10.1. The molecule has 1 atom stereocenters. The zero-order valence-corrected chi connectivity index (χ0v) is 10.6. The Bertz CT molecular complexity index is 353. The van der Waals surface area contributed by atoms with E-state index in [0.29, 0.717) is 23.2 Å². The number of hydrogen-bond acceptors (Lipinski definition) is 2. The Balaban J connectivity index is 1.90. The van der Waals surface area contributed by atoms with E-state index in [2.05, 4.69) is 5.32 Å². The third-order valence-electron chi connectivity index (χ3n) is 2.75. The van der Waals surface area contributed by atoms with E-state index in [1.165, 1.54) is 24.7 Å². The molecule has 1 aromatic carbocycles. The SMILES string of the molecule is Fc1ccc(Cl)cc1CNC1CCCSC1. The standard InChI is InChI=1S/C12H15ClFNS/c13-10-3-4-12(14)9(6-10)7-15-11-2-1-5-16-8-11/h3-4,6,11,15H,1-2,5,7-8H2. The van der Waals surface area contributed by atoms with Gasteiger partial charge in [0, 0.05) is 28.9 Å². The van der Waals surface area contributed by atoms with Gasteiger partial charge in [0.1, 0.15) is 5.82 Å². The molecule has 88 valence electrons. The van der Waals surface area contributed by atoms with E-state index in [4.69, 9.17) is 11.6 Å². The molecule has 4 heteroatoms. The van der Waals surface area contributed by atoms with Gasteiger partial charge in [0.15, 0.2) is 0 Å². The average molecular weight is 260 g/mol. The first-order chi connectivity index (χ1) is 7.75. The summed E-state index contributed by atoms with van der Waals surface area (Å²) in [7, 11) is 0. The lowest BCUT2D eigenvalue weighted by Gasteiger charge is -2.22. The summed E-state index contributed by atoms with van der Waals surface area (Å²) in [6.07, 6.45) is 2.44. The van der Waals surface area contributed by atoms with E-state index in [-0.39, 0.29) is 5.82 Å². The summed E-state index contributed by atoms with van der Waals surface area (Å²) in [6, 6.07) is 5.21. The van der Waals surface area contributed by atoms with Crippen LogP contribution in [-0.4, -0.2) is 17.5 Å². The molecule has 0 spiro atoms. The van der Waals surface area contributed by atoms with Crippen LogP contribution >= 0.6 is 23.4 Å². The second kappa shape index (κ2) is 5.89. The second-order valence-corrected chi connectivity index (χ2v) is 5.62. The van der Waals surface area contributed by atoms with Crippen molar-refractivity contribution < 1.29 is 4.39 Å². The van der Waals surface area contributed by atoms with Crippen molar-refractivity contribution in [3.63, 3.8) is 0 Å². The topological polar surface area (TPSA) is 12.0 Å². The van der Waals surface area contributed by atoms with Crippen molar-refractivity contribution in [3.05, 3.63) is 34.6 Å². The second-order valence-electron chi connectivity index (χ2n) is 4.03. The summed E-state index contributed by atoms with van der Waals surface area (Å²) >= 11 is 7.80. The highest BCUT2D eigenvalue weighted by Gasteiger charge is 2.13. The van der Waals surface area contributed by atoms with Gasteiger partial charge in [0.2, 0.25) is 0 Å². The molecule has 0 bridgehead atoms. The molecule has 2 rings (SSSR count). The molecule has 1 saturated heterocycles. The van der Waals surface area contributed by atoms with Gasteiger partial charge in [-0.1, -0.05) is 11.6 Å². The predicted octanol–water partition coefficient (Wildman–Crippen LogP) is 3.46. The minimum absolute atomic E-state index is 0.180. The largest absolute Gasteiger partial charge is 0.309 e. The van der Waals surface area contributed by atoms with E-state index < -0.39 is 0 Å². The molecule has 1 N–H and O–H groups in total. The van der Waals surface area contributed by atoms with Crippen molar-refractivity contribution in [3.8, 4) is 0 Å². The summed E-state index contributed by atoms with van der Waals surface area (Å²) in [5, 5.41) is 3.98. The van der Waals surface area contributed by atoms with Gasteiger partial charge in [-0.15, -0.1) is 0 Å². The first-order valence-corrected chi connectivity index (χ1v) is 7.04. The fraction of sp³-hybridized carbons (Fsp3) is 0.500. The molecule has 0 amide bonds. The number of thioether (sulfide) groups is 1. The maximum absolute atomic E-state index is 13.4. The van der Waals surface area contributed by atoms with Crippen molar-refractivity contribution in [2.45, 2.75) is 25.4 Å². The van der Waals surface area contributed by atoms with Gasteiger partial charge in [0.05, 0.1) is 0 Å². The Labute approximate surface area is 105 Å². The molecule has 1 unspecified atom stereocenters. The van der Waals surface area contributed by atoms with Gasteiger partial charge in [-0.05, 0) is 36.8 Å². The molecule has 0 saturated carbocycles. The van der Waals surface area contributed by atoms with Gasteiger partial charge >= 0.3 is 0 Å². The lowest BCUT2D eigenvalue weighted by molar-refractivity contribution is 0.496. The van der Waals surface area contributed by atoms with E-state index in [1.807, 2.05) is 11.8 Å². The smallest absolute Gasteiger partial charge is 0.127 e. The minimum atomic E-state index is -0.180. The zero-order chi connectivity index (χ0) is 11.4. The van der Waals surface area contributed by atoms with Crippen molar-refractivity contribution in [2.24, 2.45) is 0 Å². The van der Waals surface area contributed by atoms with Crippen molar-refractivity contribution in [1.29, 1.82) is 0 Å². The molecule has 0 radical (unpaired) electrons. The monoisotopic (exact) mass is 259 g/mol. The maximum Gasteiger partial charge on any atom is 0.127 e. The Hall–Kier alpha value is -0.250. The Morgan fingerprint density at radius 2 is 2.38 bits per heavy atom. The highest BCUT2D eigenvalue weighted by molar-refractivity contribution is 7.99. The molecule has 0 aliphatic carbocycles. The van der Waals surface area contributed by atoms with E-state index in [1.54, 1.807) is 12.1 Å². The fourth-order valence-corrected chi connectivity index (χ4v) is 3.14. The Morgan fingerprint density at radius 1 is 1.50 bits per heavy atom. The third kappa shape index (κ3) is 3.37. The van der Waals surface area contributed by atoms with Gasteiger partial charge in [0.25, 0.3) is 0 Å². The van der Waals surface area contributed by atoms with Crippen LogP contribution in [-0.2, 0) is 6.54 Å². The van der Waals surface area contributed by atoms with Crippen molar-refractivity contribution in [1.82, 2.24) is 5.32 Å². The molecule has 0 aromatic heterocycles. The van der Waals surface area contributed by atoms with Gasteiger partial charge in [-0.2, -0.15) is 11.8 Å². The number of hydrogen-bond donors (Lipinski definition) is 1. The quantitative estimate of drug-likeness (QED) is 0.892. The van der Waals surface area contributed by atoms with Gasteiger partial charge in [-0.25, -0.2) is 4.39 Å². The first-order valence-electron chi connectivity index (χ1n) is 5.51. The van der Waals surface area contributed by atoms with Crippen LogP contribution in [0.25, 0.3) is 0 Å². The summed E-state index contributed by atoms with van der Waals surface area (Å²) in [5.41, 5.74) is 0.656. The van der Waals surface area contributed by atoms with Crippen molar-refractivity contribution >= 4 is 23.4 Å². The fourth-order valence-electron chi connectivity index (χ4n) is 1.83. The van der Waals surface area contributed by atoms with E-state index in [0.717, 1.165) is 5.75 Å². The zero-order valence-electron chi connectivity index (χ0n) is 9.01. The summed E-state index contributed by atoms with van der Waals surface area (Å²) in [5.74, 6) is 2.20. The van der Waals surface area contributed by atoms with Crippen molar-refractivity contribution in [2.75, 3.05) is 11.5 Å². The van der Waals surface area contributed by atoms with Crippen LogP contribution in [0.2, 0.25) is 5.02 Å². The summed E-state index contributed by atoms with van der Waals surface area (Å²) in [4.78, 5) is 0. The highest BCUT2D eigenvalue weighted by Crippen LogP contribution is 2.19. The third-order valence-corrected chi connectivity index (χ3v) is 4.20. The van der Waals surface area contributed by atoms with Crippen LogP contribution in [0.3, 0.4) is 0 Å². The summed E-state index contributed by atoms with van der Waals surface area (Å²) < 4.78 is 13.4. The minimum Gasteiger partial charge on any atom is -0.309 e. The van der Waals surface area contributed by atoms with Gasteiger partial charge in [-0.3, -0.25) is 0 Å². The van der Waals surface area contributed by atoms with Crippen LogP contribution in [0.5, 0.6) is 0 Å². The molecular weight excluding hydrogens is 245 g/mol. The molecule has 1 heterocycles. The van der Waals surface area contributed by atoms with E-state index in [9.17, 15) is 4.39 Å². The Kier molecular flexibility index (Phi) is 4.50. The predicted molar refractivity (Wildman–Crippen MR) is 68.6 cm³/mol. The van der Waals surface area contributed by atoms with Crippen LogP contribution in [0, 0.1) is 5.82 Å². The van der Waals surface area contributed by atoms with E-state index >= 15 is 0 Å². The highest BCUT2D eigenvalue weighted by atomic mass is 35.5. The normalized spacial score (nSPS) is 21.0. The molecule has 1 aliphatic rings.